The van der Waals surface area contributed by atoms with E-state index in [0.29, 0.717) is 0 Å². The molecule has 0 unspecified atom stereocenters. The van der Waals surface area contributed by atoms with Crippen LogP contribution >= 0.6 is 0 Å². The normalized spacial score (nSPS) is 13.2. The highest BCUT2D eigenvalue weighted by Gasteiger charge is 2.06. The summed E-state index contributed by atoms with van der Waals surface area (Å²) in [7, 11) is 1.72. The van der Waals surface area contributed by atoms with E-state index >= 15 is 0 Å². The minimum absolute atomic E-state index is 0.728. The number of hydrogen-bond acceptors (Lipinski definition) is 3. The fraction of sp³-hybridized carbons (Fsp3) is 0.235. The van der Waals surface area contributed by atoms with Crippen LogP contribution in [-0.4, -0.2) is 25.2 Å². The third kappa shape index (κ3) is 2.67. The summed E-state index contributed by atoms with van der Waals surface area (Å²) in [4.78, 5) is 6.84. The van der Waals surface area contributed by atoms with E-state index in [1.54, 1.807) is 7.11 Å². The topological polar surface area (TPSA) is 24.8 Å². The van der Waals surface area contributed by atoms with Crippen molar-refractivity contribution in [3.05, 3.63) is 64.7 Å². The highest BCUT2D eigenvalue weighted by Crippen LogP contribution is 2.18. The summed E-state index contributed by atoms with van der Waals surface area (Å²) in [6.07, 6.45) is 3.15. The van der Waals surface area contributed by atoms with E-state index in [1.807, 2.05) is 18.2 Å². The SMILES string of the molecule is COc1ccccc1CCN1C=c2ccccc2=NC1. The molecule has 0 saturated carbocycles. The Hall–Kier alpha value is -2.29. The maximum Gasteiger partial charge on any atom is 0.122 e. The first-order chi connectivity index (χ1) is 9.86. The summed E-state index contributed by atoms with van der Waals surface area (Å²) >= 11 is 0. The molecule has 3 nitrogen and oxygen atoms in total. The number of nitrogens with zero attached hydrogens (tertiary/aromatic N) is 2. The van der Waals surface area contributed by atoms with Gasteiger partial charge in [-0.3, -0.25) is 4.99 Å². The largest absolute Gasteiger partial charge is 0.496 e. The number of hydrogen-bond donors (Lipinski definition) is 0. The molecule has 0 saturated heterocycles. The fourth-order valence-electron chi connectivity index (χ4n) is 2.45. The lowest BCUT2D eigenvalue weighted by Gasteiger charge is -2.21. The molecule has 0 N–H and O–H groups in total. The van der Waals surface area contributed by atoms with Crippen LogP contribution in [0.15, 0.2) is 53.5 Å². The smallest absolute Gasteiger partial charge is 0.122 e. The van der Waals surface area contributed by atoms with Gasteiger partial charge in [-0.1, -0.05) is 36.4 Å². The van der Waals surface area contributed by atoms with Crippen molar-refractivity contribution in [2.75, 3.05) is 20.3 Å². The summed E-state index contributed by atoms with van der Waals surface area (Å²) in [5.74, 6) is 0.960. The van der Waals surface area contributed by atoms with Gasteiger partial charge in [0.05, 0.1) is 12.5 Å². The van der Waals surface area contributed by atoms with Gasteiger partial charge in [-0.25, -0.2) is 0 Å². The van der Waals surface area contributed by atoms with Crippen molar-refractivity contribution in [3.63, 3.8) is 0 Å². The predicted molar refractivity (Wildman–Crippen MR) is 80.0 cm³/mol. The second kappa shape index (κ2) is 5.78. The van der Waals surface area contributed by atoms with Gasteiger partial charge < -0.3 is 9.64 Å². The molecule has 0 spiro atoms. The predicted octanol–water partition coefficient (Wildman–Crippen LogP) is 1.57. The van der Waals surface area contributed by atoms with Crippen molar-refractivity contribution in [1.29, 1.82) is 0 Å². The van der Waals surface area contributed by atoms with Gasteiger partial charge in [0.15, 0.2) is 0 Å². The van der Waals surface area contributed by atoms with Gasteiger partial charge in [0.25, 0.3) is 0 Å². The molecule has 0 atom stereocenters. The van der Waals surface area contributed by atoms with Gasteiger partial charge in [0, 0.05) is 18.0 Å². The van der Waals surface area contributed by atoms with E-state index in [2.05, 4.69) is 46.4 Å². The molecule has 3 rings (SSSR count). The Bertz CT molecular complexity index is 709. The molecule has 0 radical (unpaired) electrons. The summed E-state index contributed by atoms with van der Waals surface area (Å²) < 4.78 is 5.39. The zero-order chi connectivity index (χ0) is 13.8. The maximum absolute atomic E-state index is 5.39. The van der Waals surface area contributed by atoms with E-state index in [4.69, 9.17) is 4.74 Å². The van der Waals surface area contributed by atoms with Gasteiger partial charge in [-0.15, -0.1) is 0 Å². The van der Waals surface area contributed by atoms with Crippen LogP contribution in [-0.2, 0) is 6.42 Å². The summed E-state index contributed by atoms with van der Waals surface area (Å²) in [5.41, 5.74) is 1.24. The van der Waals surface area contributed by atoms with Crippen LogP contribution in [0, 0.1) is 0 Å². The van der Waals surface area contributed by atoms with Crippen molar-refractivity contribution in [1.82, 2.24) is 4.90 Å². The number of para-hydroxylation sites is 2. The highest BCUT2D eigenvalue weighted by molar-refractivity contribution is 5.34. The van der Waals surface area contributed by atoms with Gasteiger partial charge in [-0.05, 0) is 24.1 Å². The van der Waals surface area contributed by atoms with Crippen LogP contribution in [0.4, 0.5) is 0 Å². The molecule has 20 heavy (non-hydrogen) atoms. The third-order valence-corrected chi connectivity index (χ3v) is 3.54. The van der Waals surface area contributed by atoms with Gasteiger partial charge >= 0.3 is 0 Å². The number of methoxy groups -OCH3 is 1. The van der Waals surface area contributed by atoms with Crippen LogP contribution in [0.25, 0.3) is 6.20 Å². The van der Waals surface area contributed by atoms with E-state index < -0.39 is 0 Å². The molecule has 0 bridgehead atoms. The molecule has 2 aromatic rings. The molecule has 102 valence electrons. The van der Waals surface area contributed by atoms with Crippen molar-refractivity contribution in [2.24, 2.45) is 4.99 Å². The Labute approximate surface area is 118 Å². The number of fused-ring (bicyclic) bond motifs is 1. The van der Waals surface area contributed by atoms with E-state index in [-0.39, 0.29) is 0 Å². The Kier molecular flexibility index (Phi) is 3.68. The third-order valence-electron chi connectivity index (χ3n) is 3.54. The first-order valence-electron chi connectivity index (χ1n) is 6.84. The van der Waals surface area contributed by atoms with Crippen LogP contribution in [0.1, 0.15) is 5.56 Å². The van der Waals surface area contributed by atoms with Crippen LogP contribution in [0.5, 0.6) is 5.75 Å². The van der Waals surface area contributed by atoms with E-state index in [1.165, 1.54) is 10.8 Å². The van der Waals surface area contributed by atoms with Crippen molar-refractivity contribution in [3.8, 4) is 5.75 Å². The standard InChI is InChI=1S/C17H18N2O/c1-20-17-9-5-3-6-14(17)10-11-19-12-15-7-2-4-8-16(15)18-13-19/h2-9,12H,10-11,13H2,1H3. The summed E-state index contributed by atoms with van der Waals surface area (Å²) in [5, 5.41) is 2.28. The van der Waals surface area contributed by atoms with Crippen LogP contribution in [0.3, 0.4) is 0 Å². The molecule has 1 aliphatic heterocycles. The number of ether oxygens (including phenoxy) is 1. The van der Waals surface area contributed by atoms with Gasteiger partial charge in [0.2, 0.25) is 0 Å². The van der Waals surface area contributed by atoms with Crippen LogP contribution in [0.2, 0.25) is 0 Å². The number of rotatable bonds is 4. The van der Waals surface area contributed by atoms with Crippen molar-refractivity contribution in [2.45, 2.75) is 6.42 Å². The first-order valence-corrected chi connectivity index (χ1v) is 6.84. The lowest BCUT2D eigenvalue weighted by atomic mass is 10.1. The zero-order valence-corrected chi connectivity index (χ0v) is 11.6. The summed E-state index contributed by atoms with van der Waals surface area (Å²) in [6, 6.07) is 16.4. The lowest BCUT2D eigenvalue weighted by molar-refractivity contribution is 0.394. The molecule has 2 aromatic carbocycles. The molecule has 0 aliphatic carbocycles. The van der Waals surface area contributed by atoms with E-state index in [9.17, 15) is 0 Å². The lowest BCUT2D eigenvalue weighted by Crippen LogP contribution is -2.36. The maximum atomic E-state index is 5.39. The second-order valence-electron chi connectivity index (χ2n) is 4.86. The van der Waals surface area contributed by atoms with Crippen molar-refractivity contribution >= 4 is 6.20 Å². The summed E-state index contributed by atoms with van der Waals surface area (Å²) in [6.45, 7) is 1.67. The fourth-order valence-corrected chi connectivity index (χ4v) is 2.45. The molecular weight excluding hydrogens is 248 g/mol. The highest BCUT2D eigenvalue weighted by atomic mass is 16.5. The van der Waals surface area contributed by atoms with Gasteiger partial charge in [0.1, 0.15) is 12.4 Å². The molecule has 0 amide bonds. The van der Waals surface area contributed by atoms with E-state index in [0.717, 1.165) is 30.7 Å². The van der Waals surface area contributed by atoms with Crippen molar-refractivity contribution < 1.29 is 4.74 Å². The first kappa shape index (κ1) is 12.7. The quantitative estimate of drug-likeness (QED) is 0.839. The number of benzene rings is 2. The zero-order valence-electron chi connectivity index (χ0n) is 11.6. The molecule has 0 aromatic heterocycles. The molecular formula is C17H18N2O. The monoisotopic (exact) mass is 266 g/mol. The van der Waals surface area contributed by atoms with Gasteiger partial charge in [-0.2, -0.15) is 0 Å². The average molecular weight is 266 g/mol. The Morgan fingerprint density at radius 3 is 2.80 bits per heavy atom. The molecule has 3 heteroatoms. The molecule has 1 heterocycles. The molecule has 0 fully saturated rings. The minimum atomic E-state index is 0.728. The Morgan fingerprint density at radius 2 is 1.90 bits per heavy atom. The van der Waals surface area contributed by atoms with Crippen LogP contribution < -0.4 is 15.3 Å². The second-order valence-corrected chi connectivity index (χ2v) is 4.86. The average Bonchev–Trinajstić information content (AvgIpc) is 2.53. The molecule has 1 aliphatic rings. The Balaban J connectivity index is 1.73. The minimum Gasteiger partial charge on any atom is -0.496 e. The Morgan fingerprint density at radius 1 is 1.10 bits per heavy atom.